The molecule has 0 rings (SSSR count). The lowest BCUT2D eigenvalue weighted by atomic mass is 10.3. The van der Waals surface area contributed by atoms with E-state index in [9.17, 15) is 4.79 Å². The molecule has 0 heterocycles. The van der Waals surface area contributed by atoms with Gasteiger partial charge in [-0.25, -0.2) is 0 Å². The Morgan fingerprint density at radius 3 is 1.45 bits per heavy atom. The molecule has 0 atom stereocenters. The van der Waals surface area contributed by atoms with Crippen LogP contribution >= 0.6 is 66.7 Å². The van der Waals surface area contributed by atoms with Gasteiger partial charge in [-0.05, 0) is 29.8 Å². The van der Waals surface area contributed by atoms with Crippen molar-refractivity contribution in [2.24, 2.45) is 0 Å². The summed E-state index contributed by atoms with van der Waals surface area (Å²) < 4.78 is -1.19. The van der Waals surface area contributed by atoms with Gasteiger partial charge < -0.3 is 0 Å². The number of hydrogen-bond donors (Lipinski definition) is 0. The fourth-order valence-corrected chi connectivity index (χ4v) is 0. The van der Waals surface area contributed by atoms with Crippen molar-refractivity contribution in [3.63, 3.8) is 0 Å². The molecule has 68 valence electrons. The highest BCUT2D eigenvalue weighted by Crippen LogP contribution is 2.19. The summed E-state index contributed by atoms with van der Waals surface area (Å²) in [5, 5.41) is 0. The molecule has 0 aromatic rings. The monoisotopic (exact) mass is 346 g/mol. The third kappa shape index (κ3) is 18.5. The molecule has 0 saturated carbocycles. The summed E-state index contributed by atoms with van der Waals surface area (Å²) in [5.74, 6) is 0. The van der Waals surface area contributed by atoms with E-state index < -0.39 is 8.62 Å². The first-order chi connectivity index (χ1) is 4.68. The molecule has 0 aliphatic carbocycles. The van der Waals surface area contributed by atoms with Crippen molar-refractivity contribution in [2.45, 2.75) is 22.5 Å². The van der Waals surface area contributed by atoms with Gasteiger partial charge in [0.05, 0.1) is 4.32 Å². The predicted molar refractivity (Wildman–Crippen MR) is 58.3 cm³/mol. The lowest BCUT2D eigenvalue weighted by Gasteiger charge is -2.06. The lowest BCUT2D eigenvalue weighted by molar-refractivity contribution is -0.111. The van der Waals surface area contributed by atoms with Crippen LogP contribution in [-0.2, 0) is 4.79 Å². The van der Waals surface area contributed by atoms with Crippen LogP contribution in [0.4, 0.5) is 0 Å². The minimum Gasteiger partial charge on any atom is -0.285 e. The smallest absolute Gasteiger partial charge is 0.213 e. The van der Waals surface area contributed by atoms with Crippen molar-refractivity contribution in [3.8, 4) is 0 Å². The zero-order chi connectivity index (χ0) is 9.65. The van der Waals surface area contributed by atoms with Crippen LogP contribution in [0, 0.1) is 0 Å². The van der Waals surface area contributed by atoms with Crippen molar-refractivity contribution in [2.75, 3.05) is 0 Å². The summed E-state index contributed by atoms with van der Waals surface area (Å²) >= 11 is 20.4. The molecule has 0 aromatic carbocycles. The van der Waals surface area contributed by atoms with E-state index in [1.807, 2.05) is 0 Å². The van der Waals surface area contributed by atoms with Crippen LogP contribution in [-0.4, -0.2) is 13.3 Å². The van der Waals surface area contributed by atoms with E-state index in [2.05, 4.69) is 31.9 Å². The van der Waals surface area contributed by atoms with Gasteiger partial charge in [-0.15, -0.1) is 0 Å². The van der Waals surface area contributed by atoms with Crippen molar-refractivity contribution in [1.29, 1.82) is 0 Å². The number of rotatable bonds is 1. The first-order valence-electron chi connectivity index (χ1n) is 2.49. The number of halogens is 5. The second-order valence-corrected chi connectivity index (χ2v) is 6.68. The van der Waals surface area contributed by atoms with Gasteiger partial charge >= 0.3 is 0 Å². The van der Waals surface area contributed by atoms with Crippen LogP contribution in [0.5, 0.6) is 0 Å². The van der Waals surface area contributed by atoms with Crippen molar-refractivity contribution in [3.05, 3.63) is 0 Å². The normalized spacial score (nSPS) is 10.5. The Kier molecular flexibility index (Phi) is 9.48. The van der Waals surface area contributed by atoms with Crippen molar-refractivity contribution in [1.82, 2.24) is 0 Å². The standard InChI is InChI=1S/C4H6Br2O.CHCl3/c1-4(2,6)3(5)7;2-1(3)4/h1-2H3;1H. The predicted octanol–water partition coefficient (Wildman–Crippen LogP) is 4.07. The summed E-state index contributed by atoms with van der Waals surface area (Å²) in [6.45, 7) is 3.56. The molecule has 0 aliphatic heterocycles. The molecule has 0 bridgehead atoms. The molecule has 0 radical (unpaired) electrons. The first kappa shape index (κ1) is 15.0. The zero-order valence-corrected chi connectivity index (χ0v) is 11.3. The number of carbonyl (C=O) groups excluding carboxylic acids is 1. The van der Waals surface area contributed by atoms with Gasteiger partial charge in [0.1, 0.15) is 0 Å². The van der Waals surface area contributed by atoms with Crippen LogP contribution in [0.15, 0.2) is 0 Å². The highest BCUT2D eigenvalue weighted by Gasteiger charge is 2.19. The molecule has 0 aromatic heterocycles. The van der Waals surface area contributed by atoms with E-state index >= 15 is 0 Å². The fourth-order valence-electron chi connectivity index (χ4n) is 0. The molecular formula is C5H7Br2Cl3O. The molecule has 0 N–H and O–H groups in total. The third-order valence-electron chi connectivity index (χ3n) is 0.467. The average molecular weight is 349 g/mol. The molecule has 0 amide bonds. The van der Waals surface area contributed by atoms with Crippen LogP contribution in [0.2, 0.25) is 0 Å². The molecule has 1 nitrogen and oxygen atoms in total. The van der Waals surface area contributed by atoms with E-state index in [1.165, 1.54) is 0 Å². The van der Waals surface area contributed by atoms with E-state index in [0.29, 0.717) is 0 Å². The molecule has 11 heavy (non-hydrogen) atoms. The number of alkyl halides is 4. The summed E-state index contributed by atoms with van der Waals surface area (Å²) in [4.78, 5) is 10.3. The van der Waals surface area contributed by atoms with Crippen LogP contribution in [0.25, 0.3) is 0 Å². The van der Waals surface area contributed by atoms with Gasteiger partial charge in [0.15, 0.2) is 4.30 Å². The van der Waals surface area contributed by atoms with Gasteiger partial charge in [0, 0.05) is 0 Å². The fraction of sp³-hybridized carbons (Fsp3) is 0.800. The second-order valence-electron chi connectivity index (χ2n) is 1.99. The Morgan fingerprint density at radius 2 is 1.45 bits per heavy atom. The van der Waals surface area contributed by atoms with Gasteiger partial charge in [0.25, 0.3) is 0 Å². The maximum Gasteiger partial charge on any atom is 0.213 e. The quantitative estimate of drug-likeness (QED) is 0.515. The maximum atomic E-state index is 10.3. The van der Waals surface area contributed by atoms with Gasteiger partial charge in [-0.1, -0.05) is 50.7 Å². The summed E-state index contributed by atoms with van der Waals surface area (Å²) in [5.41, 5.74) is 0. The lowest BCUT2D eigenvalue weighted by Crippen LogP contribution is -2.17. The topological polar surface area (TPSA) is 17.1 Å². The highest BCUT2D eigenvalue weighted by atomic mass is 79.9. The van der Waals surface area contributed by atoms with Crippen molar-refractivity contribution < 1.29 is 4.79 Å². The Hall–Kier alpha value is 1.50. The van der Waals surface area contributed by atoms with Gasteiger partial charge in [0.2, 0.25) is 4.69 Å². The third-order valence-corrected chi connectivity index (χ3v) is 2.35. The molecule has 0 saturated heterocycles. The highest BCUT2D eigenvalue weighted by molar-refractivity contribution is 9.20. The zero-order valence-electron chi connectivity index (χ0n) is 5.88. The molecule has 0 spiro atoms. The molecule has 0 aliphatic rings. The Bertz CT molecular complexity index is 119. The van der Waals surface area contributed by atoms with Crippen molar-refractivity contribution >= 4 is 71.4 Å². The largest absolute Gasteiger partial charge is 0.285 e. The van der Waals surface area contributed by atoms with E-state index in [0.717, 1.165) is 0 Å². The Balaban J connectivity index is 0. The van der Waals surface area contributed by atoms with E-state index in [1.54, 1.807) is 13.8 Å². The molecular weight excluding hydrogens is 342 g/mol. The van der Waals surface area contributed by atoms with Crippen LogP contribution in [0.3, 0.4) is 0 Å². The molecule has 0 unspecified atom stereocenters. The number of carbonyl (C=O) groups is 1. The second kappa shape index (κ2) is 6.96. The summed E-state index contributed by atoms with van der Waals surface area (Å²) in [6, 6.07) is 0. The van der Waals surface area contributed by atoms with E-state index in [-0.39, 0.29) is 4.69 Å². The van der Waals surface area contributed by atoms with Crippen LogP contribution < -0.4 is 0 Å². The number of hydrogen-bond acceptors (Lipinski definition) is 1. The SMILES string of the molecule is CC(C)(Br)C(=O)Br.ClC(Cl)Cl. The van der Waals surface area contributed by atoms with Gasteiger partial charge in [-0.2, -0.15) is 0 Å². The summed E-state index contributed by atoms with van der Waals surface area (Å²) in [6.07, 6.45) is 0. The molecule has 0 fully saturated rings. The van der Waals surface area contributed by atoms with E-state index in [4.69, 9.17) is 34.8 Å². The minimum absolute atomic E-state index is 0.0278. The summed E-state index contributed by atoms with van der Waals surface area (Å²) in [7, 11) is 0. The first-order valence-corrected chi connectivity index (χ1v) is 5.38. The Morgan fingerprint density at radius 1 is 1.36 bits per heavy atom. The minimum atomic E-state index is -0.750. The Labute approximate surface area is 98.0 Å². The van der Waals surface area contributed by atoms with Gasteiger partial charge in [-0.3, -0.25) is 4.79 Å². The molecule has 6 heteroatoms. The maximum absolute atomic E-state index is 10.3. The average Bonchev–Trinajstić information content (AvgIpc) is 1.59. The van der Waals surface area contributed by atoms with Crippen LogP contribution in [0.1, 0.15) is 13.8 Å².